The van der Waals surface area contributed by atoms with Crippen LogP contribution in [0.3, 0.4) is 0 Å². The molecule has 8 nitrogen and oxygen atoms in total. The van der Waals surface area contributed by atoms with E-state index in [4.69, 9.17) is 9.47 Å². The lowest BCUT2D eigenvalue weighted by molar-refractivity contribution is -0.155. The Balaban J connectivity index is 2.36. The van der Waals surface area contributed by atoms with Crippen molar-refractivity contribution in [3.8, 4) is 0 Å². The normalized spacial score (nSPS) is 16.8. The van der Waals surface area contributed by atoms with E-state index in [1.807, 2.05) is 0 Å². The summed E-state index contributed by atoms with van der Waals surface area (Å²) in [5, 5.41) is 9.34. The monoisotopic (exact) mass is 514 g/mol. The van der Waals surface area contributed by atoms with Crippen LogP contribution in [0.5, 0.6) is 0 Å². The number of carboxylic acid groups (broad SMARTS) is 1. The molecular weight excluding hydrogens is 476 g/mol. The maximum absolute atomic E-state index is 13.2. The molecule has 0 saturated carbocycles. The molecular formula is C29H38O8. The van der Waals surface area contributed by atoms with Crippen molar-refractivity contribution in [1.29, 1.82) is 0 Å². The summed E-state index contributed by atoms with van der Waals surface area (Å²) in [4.78, 5) is 62.3. The third kappa shape index (κ3) is 8.95. The summed E-state index contributed by atoms with van der Waals surface area (Å²) in [6.45, 7) is 12.3. The molecule has 0 saturated heterocycles. The summed E-state index contributed by atoms with van der Waals surface area (Å²) in [6, 6.07) is 0. The molecule has 0 aromatic carbocycles. The van der Waals surface area contributed by atoms with Gasteiger partial charge in [0.1, 0.15) is 11.2 Å². The molecule has 2 rings (SSSR count). The van der Waals surface area contributed by atoms with Crippen molar-refractivity contribution in [3.05, 3.63) is 46.6 Å². The largest absolute Gasteiger partial charge is 0.481 e. The predicted octanol–water partition coefficient (Wildman–Crippen LogP) is 4.97. The number of ether oxygens (including phenoxy) is 2. The molecule has 0 spiro atoms. The predicted molar refractivity (Wildman–Crippen MR) is 137 cm³/mol. The fourth-order valence-corrected chi connectivity index (χ4v) is 4.43. The van der Waals surface area contributed by atoms with Crippen molar-refractivity contribution < 1.29 is 38.6 Å². The van der Waals surface area contributed by atoms with Gasteiger partial charge in [0.05, 0.1) is 12.8 Å². The zero-order valence-corrected chi connectivity index (χ0v) is 22.9. The Labute approximate surface area is 218 Å². The number of rotatable bonds is 9. The lowest BCUT2D eigenvalue weighted by Gasteiger charge is -2.36. The summed E-state index contributed by atoms with van der Waals surface area (Å²) in [7, 11) is 0. The molecule has 8 heteroatoms. The first kappa shape index (κ1) is 29.9. The molecule has 0 atom stereocenters. The van der Waals surface area contributed by atoms with E-state index in [0.29, 0.717) is 22.3 Å². The van der Waals surface area contributed by atoms with E-state index < -0.39 is 34.5 Å². The molecule has 2 aliphatic rings. The number of carboxylic acids is 1. The molecule has 0 radical (unpaired) electrons. The average Bonchev–Trinajstić information content (AvgIpc) is 2.69. The highest BCUT2D eigenvalue weighted by atomic mass is 16.6. The third-order valence-electron chi connectivity index (χ3n) is 5.96. The minimum Gasteiger partial charge on any atom is -0.481 e. The molecule has 202 valence electrons. The van der Waals surface area contributed by atoms with Gasteiger partial charge in [-0.2, -0.15) is 0 Å². The second-order valence-corrected chi connectivity index (χ2v) is 11.8. The molecule has 0 amide bonds. The smallest absolute Gasteiger partial charge is 0.310 e. The SMILES string of the molecule is CC(C)(C)OC(=O)CC1=CC=C(C(C)(CCC(=O)O)C2=CC=C(CC(=O)OC(C)(C)C)CC2=O)C(=O)C1. The van der Waals surface area contributed by atoms with Crippen LogP contribution in [-0.2, 0) is 33.4 Å². The Morgan fingerprint density at radius 1 is 0.730 bits per heavy atom. The van der Waals surface area contributed by atoms with Crippen molar-refractivity contribution in [1.82, 2.24) is 0 Å². The van der Waals surface area contributed by atoms with E-state index in [2.05, 4.69) is 0 Å². The van der Waals surface area contributed by atoms with Crippen LogP contribution < -0.4 is 0 Å². The summed E-state index contributed by atoms with van der Waals surface area (Å²) in [6.07, 6.45) is 6.23. The number of carbonyl (C=O) groups is 5. The first-order valence-corrected chi connectivity index (χ1v) is 12.4. The Kier molecular flexibility index (Phi) is 9.23. The lowest BCUT2D eigenvalue weighted by atomic mass is 9.66. The minimum absolute atomic E-state index is 0.0189. The summed E-state index contributed by atoms with van der Waals surface area (Å²) in [5.74, 6) is -2.46. The first-order chi connectivity index (χ1) is 16.9. The molecule has 37 heavy (non-hydrogen) atoms. The number of esters is 2. The van der Waals surface area contributed by atoms with Gasteiger partial charge in [-0.15, -0.1) is 0 Å². The lowest BCUT2D eigenvalue weighted by Crippen LogP contribution is -2.34. The zero-order chi connectivity index (χ0) is 28.2. The van der Waals surface area contributed by atoms with Gasteiger partial charge in [0.2, 0.25) is 0 Å². The Hall–Kier alpha value is -3.29. The van der Waals surface area contributed by atoms with Crippen LogP contribution in [0.25, 0.3) is 0 Å². The maximum Gasteiger partial charge on any atom is 0.310 e. The first-order valence-electron chi connectivity index (χ1n) is 12.4. The van der Waals surface area contributed by atoms with Crippen LogP contribution in [0.2, 0.25) is 0 Å². The van der Waals surface area contributed by atoms with Crippen molar-refractivity contribution in [2.45, 2.75) is 98.2 Å². The van der Waals surface area contributed by atoms with Crippen molar-refractivity contribution in [2.24, 2.45) is 5.41 Å². The van der Waals surface area contributed by atoms with Crippen LogP contribution >= 0.6 is 0 Å². The maximum atomic E-state index is 13.2. The quantitative estimate of drug-likeness (QED) is 0.428. The average molecular weight is 515 g/mol. The highest BCUT2D eigenvalue weighted by Crippen LogP contribution is 2.45. The van der Waals surface area contributed by atoms with Gasteiger partial charge < -0.3 is 14.6 Å². The Morgan fingerprint density at radius 2 is 1.11 bits per heavy atom. The summed E-state index contributed by atoms with van der Waals surface area (Å²) >= 11 is 0. The van der Waals surface area contributed by atoms with Crippen molar-refractivity contribution >= 4 is 29.5 Å². The van der Waals surface area contributed by atoms with Gasteiger partial charge in [0.15, 0.2) is 11.6 Å². The van der Waals surface area contributed by atoms with E-state index in [9.17, 15) is 29.1 Å². The zero-order valence-electron chi connectivity index (χ0n) is 22.9. The van der Waals surface area contributed by atoms with E-state index in [-0.39, 0.29) is 50.1 Å². The number of Topliss-reactive ketones (excluding diaryl/α,β-unsaturated/α-hetero) is 2. The molecule has 0 unspecified atom stereocenters. The molecule has 0 aromatic rings. The Morgan fingerprint density at radius 3 is 1.41 bits per heavy atom. The van der Waals surface area contributed by atoms with Gasteiger partial charge in [-0.3, -0.25) is 24.0 Å². The minimum atomic E-state index is -1.14. The van der Waals surface area contributed by atoms with Gasteiger partial charge in [-0.25, -0.2) is 0 Å². The highest BCUT2D eigenvalue weighted by molar-refractivity contribution is 6.06. The standard InChI is InChI=1S/C29H38O8/c1-27(2,3)36-25(34)16-18-8-10-20(22(30)14-18)29(7,13-12-24(32)33)21-11-9-19(15-23(21)31)17-26(35)37-28(4,5)6/h8-11H,12-17H2,1-7H3,(H,32,33). The molecule has 2 aliphatic carbocycles. The van der Waals surface area contributed by atoms with Gasteiger partial charge in [0, 0.05) is 35.8 Å². The van der Waals surface area contributed by atoms with Crippen LogP contribution in [0.4, 0.5) is 0 Å². The fourth-order valence-electron chi connectivity index (χ4n) is 4.43. The molecule has 1 N–H and O–H groups in total. The molecule has 0 aliphatic heterocycles. The number of ketones is 2. The van der Waals surface area contributed by atoms with Gasteiger partial charge in [-0.1, -0.05) is 42.4 Å². The number of aliphatic carboxylic acids is 1. The highest BCUT2D eigenvalue weighted by Gasteiger charge is 2.41. The summed E-state index contributed by atoms with van der Waals surface area (Å²) in [5.41, 5.74) is -0.601. The molecule has 0 bridgehead atoms. The van der Waals surface area contributed by atoms with Gasteiger partial charge >= 0.3 is 17.9 Å². The fraction of sp³-hybridized carbons (Fsp3) is 0.552. The third-order valence-corrected chi connectivity index (χ3v) is 5.96. The number of carbonyl (C=O) groups excluding carboxylic acids is 4. The topological polar surface area (TPSA) is 124 Å². The number of hydrogen-bond acceptors (Lipinski definition) is 7. The number of allylic oxidation sites excluding steroid dienone is 6. The van der Waals surface area contributed by atoms with Gasteiger partial charge in [-0.05, 0) is 48.0 Å². The second-order valence-electron chi connectivity index (χ2n) is 11.8. The molecule has 0 heterocycles. The van der Waals surface area contributed by atoms with Crippen molar-refractivity contribution in [3.63, 3.8) is 0 Å². The van der Waals surface area contributed by atoms with E-state index in [1.165, 1.54) is 0 Å². The molecule has 0 aromatic heterocycles. The van der Waals surface area contributed by atoms with Crippen molar-refractivity contribution in [2.75, 3.05) is 0 Å². The van der Waals surface area contributed by atoms with E-state index in [0.717, 1.165) is 0 Å². The number of hydrogen-bond donors (Lipinski definition) is 1. The van der Waals surface area contributed by atoms with Crippen LogP contribution in [0.1, 0.15) is 87.0 Å². The summed E-state index contributed by atoms with van der Waals surface area (Å²) < 4.78 is 10.7. The Bertz CT molecular complexity index is 1020. The second kappa shape index (κ2) is 11.4. The molecule has 0 fully saturated rings. The van der Waals surface area contributed by atoms with Crippen LogP contribution in [0.15, 0.2) is 46.6 Å². The van der Waals surface area contributed by atoms with E-state index >= 15 is 0 Å². The van der Waals surface area contributed by atoms with Gasteiger partial charge in [0.25, 0.3) is 0 Å². The van der Waals surface area contributed by atoms with Crippen LogP contribution in [-0.4, -0.2) is 45.8 Å². The van der Waals surface area contributed by atoms with Crippen LogP contribution in [0, 0.1) is 5.41 Å². The van der Waals surface area contributed by atoms with E-state index in [1.54, 1.807) is 72.8 Å².